The molecule has 0 unspecified atom stereocenters. The summed E-state index contributed by atoms with van der Waals surface area (Å²) in [5.41, 5.74) is 1.33. The number of nitrogens with one attached hydrogen (secondary N) is 1. The highest BCUT2D eigenvalue weighted by Crippen LogP contribution is 2.20. The van der Waals surface area contributed by atoms with Crippen LogP contribution in [0.3, 0.4) is 0 Å². The van der Waals surface area contributed by atoms with Crippen LogP contribution >= 0.6 is 0 Å². The van der Waals surface area contributed by atoms with Gasteiger partial charge in [-0.3, -0.25) is 10.0 Å². The molecule has 0 aromatic rings. The second-order valence-corrected chi connectivity index (χ2v) is 2.90. The molecule has 0 spiro atoms. The molecule has 0 aliphatic heterocycles. The molecule has 0 bridgehead atoms. The minimum atomic E-state index is -0.384. The molecule has 3 heteroatoms. The van der Waals surface area contributed by atoms with Crippen LogP contribution in [0, 0.1) is 5.41 Å². The van der Waals surface area contributed by atoms with E-state index in [0.717, 1.165) is 0 Å². The Balaban J connectivity index is 3.88. The van der Waals surface area contributed by atoms with E-state index in [1.165, 1.54) is 0 Å². The lowest BCUT2D eigenvalue weighted by Crippen LogP contribution is -2.24. The van der Waals surface area contributed by atoms with Crippen molar-refractivity contribution in [2.24, 2.45) is 5.41 Å². The Hall–Kier alpha value is -0.830. The molecule has 0 saturated carbocycles. The van der Waals surface area contributed by atoms with E-state index >= 15 is 0 Å². The Morgan fingerprint density at radius 2 is 2.30 bits per heavy atom. The Kier molecular flexibility index (Phi) is 3.09. The average Bonchev–Trinajstić information content (AvgIpc) is 1.87. The number of carbonyl (C=O) groups is 1. The molecule has 0 fully saturated rings. The van der Waals surface area contributed by atoms with E-state index in [4.69, 9.17) is 5.21 Å². The van der Waals surface area contributed by atoms with E-state index in [1.807, 2.05) is 13.8 Å². The van der Waals surface area contributed by atoms with Crippen molar-refractivity contribution in [3.63, 3.8) is 0 Å². The van der Waals surface area contributed by atoms with Gasteiger partial charge in [0.2, 0.25) is 5.91 Å². The Bertz CT molecular complexity index is 141. The lowest BCUT2D eigenvalue weighted by atomic mass is 9.89. The smallest absolute Gasteiger partial charge is 0.244 e. The maximum atomic E-state index is 10.6. The van der Waals surface area contributed by atoms with Crippen molar-refractivity contribution in [2.75, 3.05) is 0 Å². The minimum absolute atomic E-state index is 0.243. The summed E-state index contributed by atoms with van der Waals surface area (Å²) in [5.74, 6) is -0.384. The van der Waals surface area contributed by atoms with Crippen molar-refractivity contribution >= 4 is 5.91 Å². The molecule has 0 radical (unpaired) electrons. The number of hydrogen-bond acceptors (Lipinski definition) is 2. The van der Waals surface area contributed by atoms with Gasteiger partial charge in [-0.25, -0.2) is 5.48 Å². The SMILES string of the molecule is C=CC(C)(C)CC(=O)NO. The van der Waals surface area contributed by atoms with Gasteiger partial charge in [0.15, 0.2) is 0 Å². The predicted molar refractivity (Wildman–Crippen MR) is 38.5 cm³/mol. The van der Waals surface area contributed by atoms with Gasteiger partial charge in [0.1, 0.15) is 0 Å². The van der Waals surface area contributed by atoms with Crippen LogP contribution in [0.15, 0.2) is 12.7 Å². The lowest BCUT2D eigenvalue weighted by Gasteiger charge is -2.16. The van der Waals surface area contributed by atoms with E-state index in [1.54, 1.807) is 11.6 Å². The van der Waals surface area contributed by atoms with E-state index in [-0.39, 0.29) is 17.7 Å². The van der Waals surface area contributed by atoms with Crippen molar-refractivity contribution in [2.45, 2.75) is 20.3 Å². The molecule has 58 valence electrons. The van der Waals surface area contributed by atoms with E-state index in [0.29, 0.717) is 0 Å². The van der Waals surface area contributed by atoms with Crippen LogP contribution in [-0.2, 0) is 4.79 Å². The third-order valence-corrected chi connectivity index (χ3v) is 1.29. The fourth-order valence-corrected chi connectivity index (χ4v) is 0.526. The fourth-order valence-electron chi connectivity index (χ4n) is 0.526. The summed E-state index contributed by atoms with van der Waals surface area (Å²) in [5, 5.41) is 8.16. The van der Waals surface area contributed by atoms with Crippen LogP contribution in [0.4, 0.5) is 0 Å². The van der Waals surface area contributed by atoms with Crippen LogP contribution < -0.4 is 5.48 Å². The first kappa shape index (κ1) is 9.17. The van der Waals surface area contributed by atoms with Crippen molar-refractivity contribution in [1.82, 2.24) is 5.48 Å². The molecule has 10 heavy (non-hydrogen) atoms. The molecule has 0 atom stereocenters. The van der Waals surface area contributed by atoms with E-state index < -0.39 is 0 Å². The summed E-state index contributed by atoms with van der Waals surface area (Å²) < 4.78 is 0. The van der Waals surface area contributed by atoms with Crippen LogP contribution in [-0.4, -0.2) is 11.1 Å². The lowest BCUT2D eigenvalue weighted by molar-refractivity contribution is -0.130. The quantitative estimate of drug-likeness (QED) is 0.353. The van der Waals surface area contributed by atoms with Crippen LogP contribution in [0.2, 0.25) is 0 Å². The minimum Gasteiger partial charge on any atom is -0.289 e. The monoisotopic (exact) mass is 143 g/mol. The number of rotatable bonds is 3. The van der Waals surface area contributed by atoms with Crippen molar-refractivity contribution < 1.29 is 10.0 Å². The normalized spacial score (nSPS) is 10.7. The van der Waals surface area contributed by atoms with Gasteiger partial charge in [0.05, 0.1) is 0 Å². The molecule has 0 rings (SSSR count). The first-order chi connectivity index (χ1) is 4.52. The average molecular weight is 143 g/mol. The van der Waals surface area contributed by atoms with Crippen molar-refractivity contribution in [3.05, 3.63) is 12.7 Å². The summed E-state index contributed by atoms with van der Waals surface area (Å²) in [4.78, 5) is 10.6. The number of amides is 1. The zero-order valence-corrected chi connectivity index (χ0v) is 6.35. The van der Waals surface area contributed by atoms with Gasteiger partial charge in [-0.1, -0.05) is 19.9 Å². The predicted octanol–water partition coefficient (Wildman–Crippen LogP) is 1.09. The second kappa shape index (κ2) is 3.37. The maximum Gasteiger partial charge on any atom is 0.244 e. The summed E-state index contributed by atoms with van der Waals surface area (Å²) in [6.45, 7) is 7.30. The van der Waals surface area contributed by atoms with Gasteiger partial charge in [0, 0.05) is 6.42 Å². The third kappa shape index (κ3) is 3.25. The molecule has 2 N–H and O–H groups in total. The van der Waals surface area contributed by atoms with E-state index in [9.17, 15) is 4.79 Å². The zero-order valence-electron chi connectivity index (χ0n) is 6.35. The van der Waals surface area contributed by atoms with Crippen LogP contribution in [0.1, 0.15) is 20.3 Å². The summed E-state index contributed by atoms with van der Waals surface area (Å²) in [7, 11) is 0. The van der Waals surface area contributed by atoms with Crippen LogP contribution in [0.5, 0.6) is 0 Å². The van der Waals surface area contributed by atoms with Gasteiger partial charge in [0.25, 0.3) is 0 Å². The molecule has 1 amide bonds. The first-order valence-electron chi connectivity index (χ1n) is 3.08. The molecule has 3 nitrogen and oxygen atoms in total. The fraction of sp³-hybridized carbons (Fsp3) is 0.571. The van der Waals surface area contributed by atoms with Gasteiger partial charge in [-0.15, -0.1) is 6.58 Å². The number of hydroxylamine groups is 1. The Morgan fingerprint density at radius 3 is 2.60 bits per heavy atom. The summed E-state index contributed by atoms with van der Waals surface area (Å²) in [6, 6.07) is 0. The highest BCUT2D eigenvalue weighted by Gasteiger charge is 2.16. The first-order valence-corrected chi connectivity index (χ1v) is 3.08. The van der Waals surface area contributed by atoms with Gasteiger partial charge in [-0.05, 0) is 5.41 Å². The highest BCUT2D eigenvalue weighted by atomic mass is 16.5. The van der Waals surface area contributed by atoms with Crippen LogP contribution in [0.25, 0.3) is 0 Å². The molecular weight excluding hydrogens is 130 g/mol. The number of carbonyl (C=O) groups excluding carboxylic acids is 1. The standard InChI is InChI=1S/C7H13NO2/c1-4-7(2,3)5-6(9)8-10/h4,10H,1,5H2,2-3H3,(H,8,9). The van der Waals surface area contributed by atoms with Gasteiger partial charge < -0.3 is 0 Å². The van der Waals surface area contributed by atoms with Crippen molar-refractivity contribution in [1.29, 1.82) is 0 Å². The third-order valence-electron chi connectivity index (χ3n) is 1.29. The highest BCUT2D eigenvalue weighted by molar-refractivity contribution is 5.75. The molecule has 0 heterocycles. The Morgan fingerprint density at radius 1 is 1.80 bits per heavy atom. The van der Waals surface area contributed by atoms with Gasteiger partial charge >= 0.3 is 0 Å². The number of allylic oxidation sites excluding steroid dienone is 1. The topological polar surface area (TPSA) is 49.3 Å². The summed E-state index contributed by atoms with van der Waals surface area (Å²) >= 11 is 0. The summed E-state index contributed by atoms with van der Waals surface area (Å²) in [6.07, 6.45) is 1.94. The molecule has 0 aromatic heterocycles. The van der Waals surface area contributed by atoms with E-state index in [2.05, 4.69) is 6.58 Å². The zero-order chi connectivity index (χ0) is 8.20. The molecule has 0 aliphatic rings. The second-order valence-electron chi connectivity index (χ2n) is 2.90. The molecular formula is C7H13NO2. The number of hydrogen-bond donors (Lipinski definition) is 2. The Labute approximate surface area is 60.7 Å². The largest absolute Gasteiger partial charge is 0.289 e. The molecule has 0 aromatic carbocycles. The molecule has 0 aliphatic carbocycles. The van der Waals surface area contributed by atoms with Crippen molar-refractivity contribution in [3.8, 4) is 0 Å². The maximum absolute atomic E-state index is 10.6. The van der Waals surface area contributed by atoms with Gasteiger partial charge in [-0.2, -0.15) is 0 Å². The molecule has 0 saturated heterocycles.